The molecule has 4 aromatic heterocycles. The molecule has 2 aromatic carbocycles. The number of pyridine rings is 1. The van der Waals surface area contributed by atoms with E-state index in [2.05, 4.69) is 25.9 Å². The molecule has 0 bridgehead atoms. The second-order valence-corrected chi connectivity index (χ2v) is 9.39. The van der Waals surface area contributed by atoms with Crippen molar-refractivity contribution in [3.05, 3.63) is 103 Å². The predicted octanol–water partition coefficient (Wildman–Crippen LogP) is 4.76. The molecule has 0 saturated carbocycles. The molecule has 5 nitrogen and oxygen atoms in total. The highest BCUT2D eigenvalue weighted by Gasteiger charge is 2.14. The summed E-state index contributed by atoms with van der Waals surface area (Å²) in [5.74, 6) is -0.233. The van der Waals surface area contributed by atoms with Gasteiger partial charge >= 0.3 is 0 Å². The van der Waals surface area contributed by atoms with Crippen LogP contribution in [0.4, 0.5) is 4.39 Å². The van der Waals surface area contributed by atoms with Crippen molar-refractivity contribution in [2.24, 2.45) is 0 Å². The number of para-hydroxylation sites is 1. The predicted molar refractivity (Wildman–Crippen MR) is 129 cm³/mol. The van der Waals surface area contributed by atoms with Crippen molar-refractivity contribution in [2.45, 2.75) is 6.54 Å². The Balaban J connectivity index is 1.53. The molecule has 0 aliphatic rings. The number of aromatic nitrogens is 4. The van der Waals surface area contributed by atoms with Crippen LogP contribution in [0.1, 0.15) is 11.1 Å². The Hall–Kier alpha value is -3.36. The van der Waals surface area contributed by atoms with Gasteiger partial charge in [0.15, 0.2) is 10.6 Å². The molecule has 32 heavy (non-hydrogen) atoms. The second-order valence-electron chi connectivity index (χ2n) is 7.46. The molecule has 0 unspecified atom stereocenters. The molecule has 0 spiro atoms. The number of halogens is 2. The van der Waals surface area contributed by atoms with Crippen LogP contribution in [0.3, 0.4) is 0 Å². The van der Waals surface area contributed by atoms with Gasteiger partial charge in [0.25, 0.3) is 5.56 Å². The molecular weight excluding hydrogens is 491 g/mol. The Morgan fingerprint density at radius 3 is 2.81 bits per heavy atom. The van der Waals surface area contributed by atoms with E-state index in [1.165, 1.54) is 17.4 Å². The fourth-order valence-corrected chi connectivity index (χ4v) is 5.27. The maximum Gasteiger partial charge on any atom is 0.276 e. The van der Waals surface area contributed by atoms with Crippen molar-refractivity contribution in [2.75, 3.05) is 0 Å². The molecule has 0 N–H and O–H groups in total. The number of thiazole rings is 1. The summed E-state index contributed by atoms with van der Waals surface area (Å²) in [7, 11) is 0. The van der Waals surface area contributed by atoms with Crippen LogP contribution >= 0.6 is 27.3 Å². The quantitative estimate of drug-likeness (QED) is 0.349. The number of nitrogens with zero attached hydrogens (tertiary/aromatic N) is 4. The summed E-state index contributed by atoms with van der Waals surface area (Å²) >= 11 is 4.72. The molecule has 0 amide bonds. The van der Waals surface area contributed by atoms with Crippen LogP contribution in [-0.4, -0.2) is 18.9 Å². The topological polar surface area (TPSA) is 52.2 Å². The van der Waals surface area contributed by atoms with Gasteiger partial charge in [-0.1, -0.05) is 47.7 Å². The van der Waals surface area contributed by atoms with E-state index < -0.39 is 0 Å². The Bertz CT molecular complexity index is 1770. The third-order valence-corrected chi connectivity index (χ3v) is 6.86. The minimum atomic E-state index is -0.233. The fourth-order valence-electron chi connectivity index (χ4n) is 3.99. The number of hydrogen-bond acceptors (Lipinski definition) is 4. The van der Waals surface area contributed by atoms with Gasteiger partial charge in [0.05, 0.1) is 11.1 Å². The number of benzene rings is 2. The first-order valence-corrected chi connectivity index (χ1v) is 11.5. The first kappa shape index (κ1) is 19.3. The Labute approximate surface area is 193 Å². The Morgan fingerprint density at radius 1 is 1.12 bits per heavy atom. The maximum absolute atomic E-state index is 14.2. The van der Waals surface area contributed by atoms with Crippen LogP contribution in [0, 0.1) is 5.82 Å². The summed E-state index contributed by atoms with van der Waals surface area (Å²) in [5, 5.41) is 1.00. The van der Waals surface area contributed by atoms with Gasteiger partial charge in [-0.25, -0.2) is 18.8 Å². The molecule has 0 saturated heterocycles. The van der Waals surface area contributed by atoms with E-state index >= 15 is 0 Å². The number of hydrogen-bond donors (Lipinski definition) is 0. The standard InChI is InChI=1S/C24H14BrFN4OS/c25-16-10-19-22(27-11-16)30-23(31)21(32-24(30)28-19)9-15-13-29(20-8-4-2-6-17(15)20)12-14-5-1-3-7-18(14)26/h1-11,13H,12H2/b21-9-. The number of rotatable bonds is 3. The molecule has 0 radical (unpaired) electrons. The zero-order valence-electron chi connectivity index (χ0n) is 16.5. The summed E-state index contributed by atoms with van der Waals surface area (Å²) < 4.78 is 19.2. The summed E-state index contributed by atoms with van der Waals surface area (Å²) in [5.41, 5.74) is 3.57. The lowest BCUT2D eigenvalue weighted by molar-refractivity contribution is 0.602. The minimum Gasteiger partial charge on any atom is -0.342 e. The van der Waals surface area contributed by atoms with E-state index in [1.54, 1.807) is 22.7 Å². The summed E-state index contributed by atoms with van der Waals surface area (Å²) in [6, 6.07) is 16.6. The SMILES string of the molecule is O=c1/c(=C/c2cn(Cc3ccccc3F)c3ccccc23)sc2nc3cc(Br)cnc3n12. The molecule has 6 rings (SSSR count). The van der Waals surface area contributed by atoms with Crippen molar-refractivity contribution >= 4 is 60.4 Å². The molecule has 0 aliphatic heterocycles. The molecule has 0 fully saturated rings. The third-order valence-electron chi connectivity index (χ3n) is 5.45. The average molecular weight is 505 g/mol. The lowest BCUT2D eigenvalue weighted by Gasteiger charge is -2.06. The highest BCUT2D eigenvalue weighted by molar-refractivity contribution is 9.10. The lowest BCUT2D eigenvalue weighted by Crippen LogP contribution is -2.22. The van der Waals surface area contributed by atoms with Gasteiger partial charge in [-0.2, -0.15) is 0 Å². The molecular formula is C24H14BrFN4OS. The van der Waals surface area contributed by atoms with Crippen molar-refractivity contribution in [1.82, 2.24) is 18.9 Å². The summed E-state index contributed by atoms with van der Waals surface area (Å²) in [4.78, 5) is 22.7. The average Bonchev–Trinajstić information content (AvgIpc) is 3.41. The van der Waals surface area contributed by atoms with Crippen LogP contribution in [-0.2, 0) is 6.54 Å². The summed E-state index contributed by atoms with van der Waals surface area (Å²) in [6.45, 7) is 0.405. The van der Waals surface area contributed by atoms with Gasteiger partial charge in [-0.15, -0.1) is 0 Å². The molecule has 4 heterocycles. The van der Waals surface area contributed by atoms with Crippen LogP contribution in [0.2, 0.25) is 0 Å². The molecule has 6 aromatic rings. The van der Waals surface area contributed by atoms with E-state index in [1.807, 2.05) is 53.2 Å². The fraction of sp³-hybridized carbons (Fsp3) is 0.0417. The van der Waals surface area contributed by atoms with Gasteiger partial charge in [0, 0.05) is 38.9 Å². The van der Waals surface area contributed by atoms with Gasteiger partial charge < -0.3 is 4.57 Å². The molecule has 8 heteroatoms. The van der Waals surface area contributed by atoms with E-state index in [0.717, 1.165) is 20.9 Å². The number of imidazole rings is 1. The molecule has 156 valence electrons. The van der Waals surface area contributed by atoms with Crippen LogP contribution in [0.25, 0.3) is 33.1 Å². The Kier molecular flexibility index (Phi) is 4.44. The second kappa shape index (κ2) is 7.36. The zero-order chi connectivity index (χ0) is 21.8. The van der Waals surface area contributed by atoms with Crippen molar-refractivity contribution in [1.29, 1.82) is 0 Å². The number of fused-ring (bicyclic) bond motifs is 4. The smallest absolute Gasteiger partial charge is 0.276 e. The van der Waals surface area contributed by atoms with Gasteiger partial charge in [-0.05, 0) is 40.2 Å². The van der Waals surface area contributed by atoms with Crippen LogP contribution in [0.15, 0.2) is 76.3 Å². The highest BCUT2D eigenvalue weighted by Crippen LogP contribution is 2.24. The summed E-state index contributed by atoms with van der Waals surface area (Å²) in [6.07, 6.45) is 5.51. The van der Waals surface area contributed by atoms with Gasteiger partial charge in [0.1, 0.15) is 11.3 Å². The molecule has 0 atom stereocenters. The highest BCUT2D eigenvalue weighted by atomic mass is 79.9. The lowest BCUT2D eigenvalue weighted by atomic mass is 10.2. The first-order valence-electron chi connectivity index (χ1n) is 9.88. The molecule has 0 aliphatic carbocycles. The zero-order valence-corrected chi connectivity index (χ0v) is 18.9. The van der Waals surface area contributed by atoms with Crippen molar-refractivity contribution in [3.63, 3.8) is 0 Å². The third kappa shape index (κ3) is 3.06. The van der Waals surface area contributed by atoms with Gasteiger partial charge in [0.2, 0.25) is 0 Å². The van der Waals surface area contributed by atoms with Gasteiger partial charge in [-0.3, -0.25) is 4.79 Å². The van der Waals surface area contributed by atoms with E-state index in [-0.39, 0.29) is 11.4 Å². The maximum atomic E-state index is 14.2. The monoisotopic (exact) mass is 504 g/mol. The van der Waals surface area contributed by atoms with Crippen molar-refractivity contribution < 1.29 is 4.39 Å². The minimum absolute atomic E-state index is 0.145. The van der Waals surface area contributed by atoms with E-state index in [9.17, 15) is 9.18 Å². The first-order chi connectivity index (χ1) is 15.6. The van der Waals surface area contributed by atoms with Crippen LogP contribution < -0.4 is 10.1 Å². The normalized spacial score (nSPS) is 12.5. The largest absolute Gasteiger partial charge is 0.342 e. The van der Waals surface area contributed by atoms with Crippen molar-refractivity contribution in [3.8, 4) is 0 Å². The van der Waals surface area contributed by atoms with Crippen LogP contribution in [0.5, 0.6) is 0 Å². The Morgan fingerprint density at radius 2 is 1.94 bits per heavy atom. The van der Waals surface area contributed by atoms with E-state index in [0.29, 0.717) is 32.8 Å². The van der Waals surface area contributed by atoms with E-state index in [4.69, 9.17) is 0 Å².